The number of carbonyl (C=O) groups is 2. The normalized spacial score (nSPS) is 13.4. The Labute approximate surface area is 169 Å². The molecule has 0 aliphatic carbocycles. The Hall–Kier alpha value is -3.55. The monoisotopic (exact) mass is 396 g/mol. The topological polar surface area (TPSA) is 106 Å². The van der Waals surface area contributed by atoms with E-state index in [-0.39, 0.29) is 5.91 Å². The summed E-state index contributed by atoms with van der Waals surface area (Å²) in [4.78, 5) is 23.8. The molecule has 1 heterocycles. The molecule has 8 nitrogen and oxygen atoms in total. The van der Waals surface area contributed by atoms with Crippen LogP contribution in [0.1, 0.15) is 35.7 Å². The van der Waals surface area contributed by atoms with Gasteiger partial charge in [-0.2, -0.15) is 5.10 Å². The van der Waals surface area contributed by atoms with E-state index in [0.29, 0.717) is 35.9 Å². The van der Waals surface area contributed by atoms with Crippen molar-refractivity contribution < 1.29 is 19.1 Å². The van der Waals surface area contributed by atoms with E-state index < -0.39 is 6.03 Å². The number of nitrogens with two attached hydrogens (primary N) is 1. The van der Waals surface area contributed by atoms with Gasteiger partial charge in [0.05, 0.1) is 19.4 Å². The number of urea groups is 1. The van der Waals surface area contributed by atoms with Gasteiger partial charge in [0.15, 0.2) is 11.5 Å². The highest BCUT2D eigenvalue weighted by atomic mass is 16.5. The van der Waals surface area contributed by atoms with Crippen LogP contribution < -0.4 is 20.5 Å². The average Bonchev–Trinajstić information content (AvgIpc) is 2.73. The number of rotatable bonds is 6. The lowest BCUT2D eigenvalue weighted by Gasteiger charge is -2.24. The Balaban J connectivity index is 1.81. The van der Waals surface area contributed by atoms with Crippen molar-refractivity contribution in [1.29, 1.82) is 0 Å². The van der Waals surface area contributed by atoms with Gasteiger partial charge in [-0.25, -0.2) is 9.80 Å². The number of nitrogens with zero attached hydrogens (tertiary/aromatic N) is 2. The highest BCUT2D eigenvalue weighted by molar-refractivity contribution is 6.03. The molecule has 0 aromatic heterocycles. The Morgan fingerprint density at radius 1 is 1.17 bits per heavy atom. The minimum atomic E-state index is -0.653. The van der Waals surface area contributed by atoms with Crippen LogP contribution in [0.3, 0.4) is 0 Å². The summed E-state index contributed by atoms with van der Waals surface area (Å²) in [6.07, 6.45) is 1.57. The van der Waals surface area contributed by atoms with Crippen LogP contribution >= 0.6 is 0 Å². The van der Waals surface area contributed by atoms with Crippen molar-refractivity contribution in [3.05, 3.63) is 53.6 Å². The largest absolute Gasteiger partial charge is 0.493 e. The van der Waals surface area contributed by atoms with Gasteiger partial charge >= 0.3 is 6.03 Å². The molecule has 0 saturated carbocycles. The van der Waals surface area contributed by atoms with E-state index in [9.17, 15) is 9.59 Å². The lowest BCUT2D eigenvalue weighted by atomic mass is 10.0. The number of anilines is 1. The second-order valence-corrected chi connectivity index (χ2v) is 6.44. The molecular formula is C21H24N4O4. The Bertz CT molecular complexity index is 925. The van der Waals surface area contributed by atoms with Crippen molar-refractivity contribution in [1.82, 2.24) is 5.01 Å². The zero-order valence-corrected chi connectivity index (χ0v) is 16.5. The molecule has 0 bridgehead atoms. The molecule has 29 heavy (non-hydrogen) atoms. The zero-order valence-electron chi connectivity index (χ0n) is 16.5. The Morgan fingerprint density at radius 2 is 1.93 bits per heavy atom. The van der Waals surface area contributed by atoms with Crippen LogP contribution in [0.25, 0.3) is 0 Å². The number of nitrogens with one attached hydrogen (secondary N) is 1. The van der Waals surface area contributed by atoms with Crippen LogP contribution in [-0.4, -0.2) is 42.9 Å². The van der Waals surface area contributed by atoms with Gasteiger partial charge < -0.3 is 20.5 Å². The molecule has 3 rings (SSSR count). The van der Waals surface area contributed by atoms with Gasteiger partial charge in [0.1, 0.15) is 0 Å². The molecule has 0 spiro atoms. The maximum Gasteiger partial charge on any atom is 0.316 e. The van der Waals surface area contributed by atoms with Crippen molar-refractivity contribution >= 4 is 23.3 Å². The first-order valence-corrected chi connectivity index (χ1v) is 9.39. The average molecular weight is 396 g/mol. The van der Waals surface area contributed by atoms with Gasteiger partial charge in [-0.05, 0) is 62.2 Å². The molecule has 2 aromatic rings. The number of hydrogen-bond acceptors (Lipinski definition) is 5. The summed E-state index contributed by atoms with van der Waals surface area (Å²) in [5.74, 6) is 1.10. The fourth-order valence-corrected chi connectivity index (χ4v) is 3.10. The standard InChI is InChI=1S/C21H24N4O4/c1-3-29-19-13-15(8-11-18(19)28-2)17-5-4-12-25(24-17)20(26)14-6-9-16(10-7-14)23-21(22)27/h6-11,13H,3-5,12H2,1-2H3,(H3,22,23,27). The molecule has 3 amide bonds. The van der Waals surface area contributed by atoms with Crippen LogP contribution in [0.5, 0.6) is 11.5 Å². The molecule has 0 unspecified atom stereocenters. The van der Waals surface area contributed by atoms with Crippen molar-refractivity contribution in [2.24, 2.45) is 10.8 Å². The van der Waals surface area contributed by atoms with Gasteiger partial charge in [0.25, 0.3) is 5.91 Å². The van der Waals surface area contributed by atoms with Crippen molar-refractivity contribution in [2.45, 2.75) is 19.8 Å². The Morgan fingerprint density at radius 3 is 2.59 bits per heavy atom. The number of ether oxygens (including phenoxy) is 2. The number of hydrazone groups is 1. The zero-order chi connectivity index (χ0) is 20.8. The van der Waals surface area contributed by atoms with E-state index in [4.69, 9.17) is 15.2 Å². The van der Waals surface area contributed by atoms with E-state index in [1.807, 2.05) is 25.1 Å². The summed E-state index contributed by atoms with van der Waals surface area (Å²) in [5.41, 5.74) is 7.82. The summed E-state index contributed by atoms with van der Waals surface area (Å²) in [5, 5.41) is 8.51. The highest BCUT2D eigenvalue weighted by Crippen LogP contribution is 2.29. The predicted molar refractivity (Wildman–Crippen MR) is 111 cm³/mol. The fourth-order valence-electron chi connectivity index (χ4n) is 3.10. The van der Waals surface area contributed by atoms with E-state index in [0.717, 1.165) is 24.1 Å². The van der Waals surface area contributed by atoms with Gasteiger partial charge in [-0.15, -0.1) is 0 Å². The van der Waals surface area contributed by atoms with Gasteiger partial charge in [-0.1, -0.05) is 0 Å². The first kappa shape index (κ1) is 20.2. The molecule has 0 saturated heterocycles. The smallest absolute Gasteiger partial charge is 0.316 e. The second kappa shape index (κ2) is 9.09. The number of hydrogen-bond donors (Lipinski definition) is 2. The summed E-state index contributed by atoms with van der Waals surface area (Å²) < 4.78 is 11.0. The van der Waals surface area contributed by atoms with Gasteiger partial charge in [0, 0.05) is 23.4 Å². The van der Waals surface area contributed by atoms with Crippen LogP contribution in [0.2, 0.25) is 0 Å². The molecule has 1 aliphatic heterocycles. The lowest BCUT2D eigenvalue weighted by molar-refractivity contribution is 0.0751. The number of amides is 3. The van der Waals surface area contributed by atoms with Crippen LogP contribution in [-0.2, 0) is 0 Å². The summed E-state index contributed by atoms with van der Waals surface area (Å²) in [7, 11) is 1.60. The van der Waals surface area contributed by atoms with Gasteiger partial charge in [-0.3, -0.25) is 4.79 Å². The van der Waals surface area contributed by atoms with Crippen LogP contribution in [0, 0.1) is 0 Å². The summed E-state index contributed by atoms with van der Waals surface area (Å²) in [6, 6.07) is 11.5. The minimum absolute atomic E-state index is 0.202. The maximum atomic E-state index is 12.8. The number of primary amides is 1. The third-order valence-electron chi connectivity index (χ3n) is 4.46. The summed E-state index contributed by atoms with van der Waals surface area (Å²) >= 11 is 0. The summed E-state index contributed by atoms with van der Waals surface area (Å²) in [6.45, 7) is 2.98. The van der Waals surface area contributed by atoms with Crippen LogP contribution in [0.4, 0.5) is 10.5 Å². The molecule has 0 fully saturated rings. The molecule has 3 N–H and O–H groups in total. The van der Waals surface area contributed by atoms with Crippen LogP contribution in [0.15, 0.2) is 47.6 Å². The molecule has 2 aromatic carbocycles. The number of methoxy groups -OCH3 is 1. The van der Waals surface area contributed by atoms with E-state index in [1.165, 1.54) is 5.01 Å². The van der Waals surface area contributed by atoms with E-state index in [2.05, 4.69) is 10.4 Å². The van der Waals surface area contributed by atoms with Crippen molar-refractivity contribution in [3.8, 4) is 11.5 Å². The highest BCUT2D eigenvalue weighted by Gasteiger charge is 2.21. The molecular weight excluding hydrogens is 372 g/mol. The van der Waals surface area contributed by atoms with E-state index >= 15 is 0 Å². The Kier molecular flexibility index (Phi) is 6.33. The SMILES string of the molecule is CCOc1cc(C2=NN(C(=O)c3ccc(NC(N)=O)cc3)CCC2)ccc1OC. The predicted octanol–water partition coefficient (Wildman–Crippen LogP) is 3.22. The number of benzene rings is 2. The third-order valence-corrected chi connectivity index (χ3v) is 4.46. The first-order valence-electron chi connectivity index (χ1n) is 9.39. The van der Waals surface area contributed by atoms with Crippen molar-refractivity contribution in [2.75, 3.05) is 25.6 Å². The molecule has 152 valence electrons. The number of carbonyl (C=O) groups excluding carboxylic acids is 2. The quantitative estimate of drug-likeness (QED) is 0.782. The molecule has 0 radical (unpaired) electrons. The first-order chi connectivity index (χ1) is 14.0. The molecule has 1 aliphatic rings. The third kappa shape index (κ3) is 4.84. The van der Waals surface area contributed by atoms with E-state index in [1.54, 1.807) is 31.4 Å². The molecule has 8 heteroatoms. The van der Waals surface area contributed by atoms with Crippen molar-refractivity contribution in [3.63, 3.8) is 0 Å². The molecule has 0 atom stereocenters. The maximum absolute atomic E-state index is 12.8. The minimum Gasteiger partial charge on any atom is -0.493 e. The fraction of sp³-hybridized carbons (Fsp3) is 0.286. The lowest BCUT2D eigenvalue weighted by Crippen LogP contribution is -2.32. The van der Waals surface area contributed by atoms with Gasteiger partial charge in [0.2, 0.25) is 0 Å². The second-order valence-electron chi connectivity index (χ2n) is 6.44.